The van der Waals surface area contributed by atoms with Gasteiger partial charge in [-0.2, -0.15) is 0 Å². The first-order chi connectivity index (χ1) is 11.5. The van der Waals surface area contributed by atoms with E-state index in [2.05, 4.69) is 26.1 Å². The van der Waals surface area contributed by atoms with Crippen LogP contribution in [0.25, 0.3) is 0 Å². The summed E-state index contributed by atoms with van der Waals surface area (Å²) in [6, 6.07) is 4.58. The lowest BCUT2D eigenvalue weighted by atomic mass is 9.81. The molecule has 0 aliphatic rings. The fourth-order valence-corrected chi connectivity index (χ4v) is 4.65. The molecule has 0 saturated carbocycles. The Hall–Kier alpha value is -1.56. The van der Waals surface area contributed by atoms with Crippen LogP contribution in [0, 0.1) is 19.3 Å². The summed E-state index contributed by atoms with van der Waals surface area (Å²) >= 11 is 0. The van der Waals surface area contributed by atoms with Gasteiger partial charge in [0, 0.05) is 5.54 Å². The molecule has 0 aliphatic carbocycles. The Kier molecular flexibility index (Phi) is 6.56. The first-order valence-corrected chi connectivity index (χ1v) is 10.8. The Labute approximate surface area is 159 Å². The van der Waals surface area contributed by atoms with Gasteiger partial charge in [0.25, 0.3) is 0 Å². The van der Waals surface area contributed by atoms with E-state index in [0.717, 1.165) is 23.8 Å². The molecule has 148 valence electrons. The van der Waals surface area contributed by atoms with Crippen molar-refractivity contribution >= 4 is 21.6 Å². The standard InChI is InChI=1S/C20H34N2O3S/c1-14-10-11-17(12-15(14)2)22(26(9,24)25)16(3)18(23)21-20(7,8)13-19(4,5)6/h10-12,16H,13H2,1-9H3,(H,21,23)/t16-/m0/s1. The van der Waals surface area contributed by atoms with Crippen LogP contribution in [0.15, 0.2) is 18.2 Å². The van der Waals surface area contributed by atoms with Crippen LogP contribution < -0.4 is 9.62 Å². The number of aryl methyl sites for hydroxylation is 2. The number of rotatable bonds is 6. The van der Waals surface area contributed by atoms with Crippen molar-refractivity contribution in [3.05, 3.63) is 29.3 Å². The fourth-order valence-electron chi connectivity index (χ4n) is 3.48. The first-order valence-electron chi connectivity index (χ1n) is 8.92. The van der Waals surface area contributed by atoms with Crippen LogP contribution in [0.4, 0.5) is 5.69 Å². The van der Waals surface area contributed by atoms with E-state index in [9.17, 15) is 13.2 Å². The zero-order valence-corrected chi connectivity index (χ0v) is 18.4. The molecular weight excluding hydrogens is 348 g/mol. The summed E-state index contributed by atoms with van der Waals surface area (Å²) in [5, 5.41) is 3.02. The molecule has 5 nitrogen and oxygen atoms in total. The number of carbonyl (C=O) groups is 1. The van der Waals surface area contributed by atoms with E-state index >= 15 is 0 Å². The highest BCUT2D eigenvalue weighted by atomic mass is 32.2. The minimum absolute atomic E-state index is 0.0462. The number of nitrogens with one attached hydrogen (secondary N) is 1. The molecule has 1 aromatic rings. The number of carbonyl (C=O) groups excluding carboxylic acids is 1. The van der Waals surface area contributed by atoms with Gasteiger partial charge in [0.15, 0.2) is 0 Å². The Morgan fingerprint density at radius 2 is 1.65 bits per heavy atom. The van der Waals surface area contributed by atoms with Crippen molar-refractivity contribution in [3.63, 3.8) is 0 Å². The van der Waals surface area contributed by atoms with Crippen LogP contribution in [0.5, 0.6) is 0 Å². The summed E-state index contributed by atoms with van der Waals surface area (Å²) in [4.78, 5) is 12.8. The topological polar surface area (TPSA) is 66.5 Å². The second-order valence-corrected chi connectivity index (χ2v) is 11.0. The number of anilines is 1. The zero-order valence-electron chi connectivity index (χ0n) is 17.6. The third-order valence-electron chi connectivity index (χ3n) is 4.27. The number of benzene rings is 1. The highest BCUT2D eigenvalue weighted by Gasteiger charge is 2.33. The van der Waals surface area contributed by atoms with Crippen molar-refractivity contribution in [2.75, 3.05) is 10.6 Å². The maximum atomic E-state index is 12.8. The molecule has 0 spiro atoms. The molecular formula is C20H34N2O3S. The number of hydrogen-bond acceptors (Lipinski definition) is 3. The largest absolute Gasteiger partial charge is 0.349 e. The van der Waals surface area contributed by atoms with E-state index < -0.39 is 21.6 Å². The average Bonchev–Trinajstić information content (AvgIpc) is 2.37. The van der Waals surface area contributed by atoms with Gasteiger partial charge < -0.3 is 5.32 Å². The number of amides is 1. The smallest absolute Gasteiger partial charge is 0.244 e. The van der Waals surface area contributed by atoms with E-state index in [1.54, 1.807) is 19.1 Å². The molecule has 1 atom stereocenters. The van der Waals surface area contributed by atoms with E-state index in [4.69, 9.17) is 0 Å². The molecule has 1 rings (SSSR count). The summed E-state index contributed by atoms with van der Waals surface area (Å²) in [6.07, 6.45) is 1.91. The molecule has 0 bridgehead atoms. The third-order valence-corrected chi connectivity index (χ3v) is 5.51. The van der Waals surface area contributed by atoms with E-state index in [1.807, 2.05) is 33.8 Å². The predicted octanol–water partition coefficient (Wildman–Crippen LogP) is 3.79. The van der Waals surface area contributed by atoms with Crippen LogP contribution in [-0.4, -0.2) is 32.2 Å². The molecule has 0 saturated heterocycles. The third kappa shape index (κ3) is 6.31. The van der Waals surface area contributed by atoms with Crippen LogP contribution in [0.2, 0.25) is 0 Å². The average molecular weight is 383 g/mol. The molecule has 26 heavy (non-hydrogen) atoms. The van der Waals surface area contributed by atoms with Crippen molar-refractivity contribution in [3.8, 4) is 0 Å². The normalized spacial score (nSPS) is 14.0. The highest BCUT2D eigenvalue weighted by molar-refractivity contribution is 7.92. The van der Waals surface area contributed by atoms with Crippen LogP contribution in [0.1, 0.15) is 59.1 Å². The monoisotopic (exact) mass is 382 g/mol. The van der Waals surface area contributed by atoms with Crippen LogP contribution >= 0.6 is 0 Å². The lowest BCUT2D eigenvalue weighted by Crippen LogP contribution is -2.54. The minimum atomic E-state index is -3.61. The van der Waals surface area contributed by atoms with E-state index in [0.29, 0.717) is 5.69 Å². The van der Waals surface area contributed by atoms with E-state index in [-0.39, 0.29) is 11.3 Å². The van der Waals surface area contributed by atoms with Gasteiger partial charge in [-0.15, -0.1) is 0 Å². The van der Waals surface area contributed by atoms with Crippen LogP contribution in [0.3, 0.4) is 0 Å². The Bertz CT molecular complexity index is 762. The summed E-state index contributed by atoms with van der Waals surface area (Å²) in [6.45, 7) is 15.8. The summed E-state index contributed by atoms with van der Waals surface area (Å²) in [7, 11) is -3.61. The highest BCUT2D eigenvalue weighted by Crippen LogP contribution is 2.28. The number of nitrogens with zero attached hydrogens (tertiary/aromatic N) is 1. The maximum absolute atomic E-state index is 12.8. The Morgan fingerprint density at radius 1 is 1.12 bits per heavy atom. The van der Waals surface area contributed by atoms with Gasteiger partial charge in [0.2, 0.25) is 15.9 Å². The maximum Gasteiger partial charge on any atom is 0.244 e. The van der Waals surface area contributed by atoms with Gasteiger partial charge in [-0.05, 0) is 69.7 Å². The zero-order chi connectivity index (χ0) is 20.5. The van der Waals surface area contributed by atoms with Gasteiger partial charge in [-0.3, -0.25) is 9.10 Å². The molecule has 1 amide bonds. The SMILES string of the molecule is Cc1ccc(N([C@@H](C)C(=O)NC(C)(C)CC(C)(C)C)S(C)(=O)=O)cc1C. The van der Waals surface area contributed by atoms with Crippen molar-refractivity contribution in [2.24, 2.45) is 5.41 Å². The molecule has 0 unspecified atom stereocenters. The molecule has 0 radical (unpaired) electrons. The minimum Gasteiger partial charge on any atom is -0.349 e. The molecule has 0 fully saturated rings. The Balaban J connectivity index is 3.16. The number of hydrogen-bond donors (Lipinski definition) is 1. The predicted molar refractivity (Wildman–Crippen MR) is 109 cm³/mol. The molecule has 1 aromatic carbocycles. The van der Waals surface area contributed by atoms with Crippen LogP contribution in [-0.2, 0) is 14.8 Å². The van der Waals surface area contributed by atoms with Gasteiger partial charge in [-0.25, -0.2) is 8.42 Å². The second-order valence-electron chi connectivity index (χ2n) is 9.11. The lowest BCUT2D eigenvalue weighted by molar-refractivity contribution is -0.123. The van der Waals surface area contributed by atoms with E-state index in [1.165, 1.54) is 4.31 Å². The first kappa shape index (κ1) is 22.5. The van der Waals surface area contributed by atoms with Crippen molar-refractivity contribution < 1.29 is 13.2 Å². The van der Waals surface area contributed by atoms with Gasteiger partial charge in [0.05, 0.1) is 11.9 Å². The lowest BCUT2D eigenvalue weighted by Gasteiger charge is -2.36. The molecule has 0 heterocycles. The van der Waals surface area contributed by atoms with Crippen molar-refractivity contribution in [2.45, 2.75) is 73.4 Å². The molecule has 1 N–H and O–H groups in total. The molecule has 0 aromatic heterocycles. The van der Waals surface area contributed by atoms with Gasteiger partial charge in [0.1, 0.15) is 6.04 Å². The van der Waals surface area contributed by atoms with Crippen molar-refractivity contribution in [1.29, 1.82) is 0 Å². The molecule has 0 aliphatic heterocycles. The summed E-state index contributed by atoms with van der Waals surface area (Å²) in [5.74, 6) is -0.303. The summed E-state index contributed by atoms with van der Waals surface area (Å²) < 4.78 is 26.0. The molecule has 6 heteroatoms. The Morgan fingerprint density at radius 3 is 2.08 bits per heavy atom. The quantitative estimate of drug-likeness (QED) is 0.814. The summed E-state index contributed by atoms with van der Waals surface area (Å²) in [5.41, 5.74) is 2.18. The second kappa shape index (κ2) is 7.59. The fraction of sp³-hybridized carbons (Fsp3) is 0.650. The number of sulfonamides is 1. The van der Waals surface area contributed by atoms with Gasteiger partial charge >= 0.3 is 0 Å². The van der Waals surface area contributed by atoms with Crippen molar-refractivity contribution in [1.82, 2.24) is 5.32 Å². The van der Waals surface area contributed by atoms with Gasteiger partial charge in [-0.1, -0.05) is 26.8 Å².